The van der Waals surface area contributed by atoms with Gasteiger partial charge in [0.1, 0.15) is 24.4 Å². The van der Waals surface area contributed by atoms with Gasteiger partial charge in [-0.15, -0.1) is 0 Å². The fourth-order valence-electron chi connectivity index (χ4n) is 3.36. The molecule has 1 saturated heterocycles. The molecule has 21 heavy (non-hydrogen) atoms. The van der Waals surface area contributed by atoms with Crippen molar-refractivity contribution in [2.75, 3.05) is 13.2 Å². The van der Waals surface area contributed by atoms with Gasteiger partial charge < -0.3 is 29.9 Å². The van der Waals surface area contributed by atoms with Gasteiger partial charge in [0, 0.05) is 6.42 Å². The highest BCUT2D eigenvalue weighted by molar-refractivity contribution is 5.40. The van der Waals surface area contributed by atoms with E-state index in [0.29, 0.717) is 6.42 Å². The molecule has 1 heterocycles. The first-order valence-electron chi connectivity index (χ1n) is 7.43. The third-order valence-corrected chi connectivity index (χ3v) is 4.48. The van der Waals surface area contributed by atoms with E-state index in [-0.39, 0.29) is 6.61 Å². The normalized spacial score (nSPS) is 40.7. The molecule has 1 saturated carbocycles. The Morgan fingerprint density at radius 2 is 2.00 bits per heavy atom. The van der Waals surface area contributed by atoms with Crippen molar-refractivity contribution in [2.45, 2.75) is 55.9 Å². The first kappa shape index (κ1) is 15.1. The first-order valence-corrected chi connectivity index (χ1v) is 7.43. The van der Waals surface area contributed by atoms with Crippen molar-refractivity contribution in [1.29, 1.82) is 0 Å². The van der Waals surface area contributed by atoms with Gasteiger partial charge in [0.15, 0.2) is 5.79 Å². The number of rotatable bonds is 3. The van der Waals surface area contributed by atoms with E-state index in [1.807, 2.05) is 6.08 Å². The first-order chi connectivity index (χ1) is 10.1. The van der Waals surface area contributed by atoms with Crippen molar-refractivity contribution in [2.24, 2.45) is 0 Å². The molecular weight excluding hydrogens is 276 g/mol. The van der Waals surface area contributed by atoms with E-state index in [2.05, 4.69) is 6.08 Å². The SMILES string of the molecule is OC[C@@H](O)[C@H]1OC2(C=C3CCCC3=CC2)O[C@@H](CO)[C@H]1O. The standard InChI is InChI=1S/C15H22O6/c16-7-11(18)14-13(19)12(8-17)20-15(21-14)5-4-9-2-1-3-10(9)6-15/h4,6,11-14,16-19H,1-3,5,7-8H2/t11-,12+,13-,14-,15?/m1/s1. The minimum absolute atomic E-state index is 0.374. The molecule has 6 heteroatoms. The van der Waals surface area contributed by atoms with E-state index in [1.54, 1.807) is 0 Å². The maximum atomic E-state index is 10.1. The van der Waals surface area contributed by atoms with Crippen LogP contribution in [-0.2, 0) is 9.47 Å². The molecule has 0 amide bonds. The van der Waals surface area contributed by atoms with Gasteiger partial charge in [-0.2, -0.15) is 0 Å². The molecule has 0 aromatic carbocycles. The van der Waals surface area contributed by atoms with Gasteiger partial charge in [-0.05, 0) is 36.5 Å². The number of fused-ring (bicyclic) bond motifs is 1. The number of hydrogen-bond acceptors (Lipinski definition) is 6. The predicted molar refractivity (Wildman–Crippen MR) is 73.3 cm³/mol. The molecular formula is C15H22O6. The molecule has 0 aromatic heterocycles. The lowest BCUT2D eigenvalue weighted by molar-refractivity contribution is -0.343. The van der Waals surface area contributed by atoms with Crippen LogP contribution in [0.3, 0.4) is 0 Å². The summed E-state index contributed by atoms with van der Waals surface area (Å²) in [5.41, 5.74) is 2.48. The van der Waals surface area contributed by atoms with E-state index < -0.39 is 36.8 Å². The Balaban J connectivity index is 1.87. The molecule has 118 valence electrons. The number of hydrogen-bond donors (Lipinski definition) is 4. The molecule has 6 nitrogen and oxygen atoms in total. The lowest BCUT2D eigenvalue weighted by Gasteiger charge is -2.47. The van der Waals surface area contributed by atoms with Crippen LogP contribution in [0.25, 0.3) is 0 Å². The van der Waals surface area contributed by atoms with E-state index >= 15 is 0 Å². The summed E-state index contributed by atoms with van der Waals surface area (Å²) < 4.78 is 11.6. The average molecular weight is 298 g/mol. The van der Waals surface area contributed by atoms with Crippen molar-refractivity contribution < 1.29 is 29.9 Å². The van der Waals surface area contributed by atoms with Crippen molar-refractivity contribution in [3.8, 4) is 0 Å². The highest BCUT2D eigenvalue weighted by Crippen LogP contribution is 2.42. The quantitative estimate of drug-likeness (QED) is 0.566. The van der Waals surface area contributed by atoms with Gasteiger partial charge >= 0.3 is 0 Å². The second kappa shape index (κ2) is 5.79. The van der Waals surface area contributed by atoms with Crippen molar-refractivity contribution >= 4 is 0 Å². The van der Waals surface area contributed by atoms with Crippen LogP contribution in [-0.4, -0.2) is 63.8 Å². The molecule has 5 atom stereocenters. The molecule has 3 rings (SSSR count). The molecule has 1 spiro atoms. The highest BCUT2D eigenvalue weighted by atomic mass is 16.7. The van der Waals surface area contributed by atoms with Crippen LogP contribution in [0.15, 0.2) is 23.3 Å². The number of allylic oxidation sites excluding steroid dienone is 2. The van der Waals surface area contributed by atoms with Crippen molar-refractivity contribution in [3.63, 3.8) is 0 Å². The van der Waals surface area contributed by atoms with Crippen LogP contribution in [0.4, 0.5) is 0 Å². The van der Waals surface area contributed by atoms with Crippen LogP contribution in [0.1, 0.15) is 25.7 Å². The summed E-state index contributed by atoms with van der Waals surface area (Å²) in [5, 5.41) is 38.5. The van der Waals surface area contributed by atoms with Crippen LogP contribution < -0.4 is 0 Å². The summed E-state index contributed by atoms with van der Waals surface area (Å²) >= 11 is 0. The monoisotopic (exact) mass is 298 g/mol. The van der Waals surface area contributed by atoms with Gasteiger partial charge in [0.25, 0.3) is 0 Å². The van der Waals surface area contributed by atoms with E-state index in [1.165, 1.54) is 11.1 Å². The maximum absolute atomic E-state index is 10.1. The number of ether oxygens (including phenoxy) is 2. The lowest BCUT2D eigenvalue weighted by Crippen LogP contribution is -2.61. The largest absolute Gasteiger partial charge is 0.394 e. The minimum Gasteiger partial charge on any atom is -0.394 e. The second-order valence-corrected chi connectivity index (χ2v) is 5.93. The number of aliphatic hydroxyl groups is 4. The van der Waals surface area contributed by atoms with Crippen LogP contribution >= 0.6 is 0 Å². The van der Waals surface area contributed by atoms with Gasteiger partial charge in [0.2, 0.25) is 0 Å². The Morgan fingerprint density at radius 3 is 2.71 bits per heavy atom. The zero-order valence-electron chi connectivity index (χ0n) is 11.8. The minimum atomic E-state index is -1.22. The molecule has 4 N–H and O–H groups in total. The molecule has 3 aliphatic rings. The third kappa shape index (κ3) is 2.67. The Bertz CT molecular complexity index is 459. The van der Waals surface area contributed by atoms with E-state index in [4.69, 9.17) is 14.6 Å². The van der Waals surface area contributed by atoms with Gasteiger partial charge in [0.05, 0.1) is 13.2 Å². The van der Waals surface area contributed by atoms with Crippen LogP contribution in [0.5, 0.6) is 0 Å². The van der Waals surface area contributed by atoms with Gasteiger partial charge in [-0.3, -0.25) is 0 Å². The molecule has 1 unspecified atom stereocenters. The zero-order valence-corrected chi connectivity index (χ0v) is 11.8. The summed E-state index contributed by atoms with van der Waals surface area (Å²) in [6, 6.07) is 0. The molecule has 0 aromatic rings. The molecule has 0 radical (unpaired) electrons. The fraction of sp³-hybridized carbons (Fsp3) is 0.733. The Morgan fingerprint density at radius 1 is 1.24 bits per heavy atom. The van der Waals surface area contributed by atoms with E-state index in [9.17, 15) is 15.3 Å². The average Bonchev–Trinajstić information content (AvgIpc) is 2.95. The van der Waals surface area contributed by atoms with Crippen molar-refractivity contribution in [3.05, 3.63) is 23.3 Å². The maximum Gasteiger partial charge on any atom is 0.192 e. The zero-order chi connectivity index (χ0) is 15.0. The summed E-state index contributed by atoms with van der Waals surface area (Å²) in [5.74, 6) is -1.07. The Hall–Kier alpha value is -0.760. The Kier molecular flexibility index (Phi) is 4.18. The van der Waals surface area contributed by atoms with Gasteiger partial charge in [-0.25, -0.2) is 0 Å². The van der Waals surface area contributed by atoms with Crippen LogP contribution in [0, 0.1) is 0 Å². The topological polar surface area (TPSA) is 99.4 Å². The second-order valence-electron chi connectivity index (χ2n) is 5.93. The number of aliphatic hydroxyl groups excluding tert-OH is 4. The molecule has 2 aliphatic carbocycles. The van der Waals surface area contributed by atoms with Crippen LogP contribution in [0.2, 0.25) is 0 Å². The molecule has 1 aliphatic heterocycles. The molecule has 0 bridgehead atoms. The molecule has 2 fully saturated rings. The smallest absolute Gasteiger partial charge is 0.192 e. The third-order valence-electron chi connectivity index (χ3n) is 4.48. The fourth-order valence-corrected chi connectivity index (χ4v) is 3.36. The van der Waals surface area contributed by atoms with Crippen molar-refractivity contribution in [1.82, 2.24) is 0 Å². The highest BCUT2D eigenvalue weighted by Gasteiger charge is 2.49. The lowest BCUT2D eigenvalue weighted by atomic mass is 9.92. The Labute approximate surface area is 123 Å². The summed E-state index contributed by atoms with van der Waals surface area (Å²) in [6.07, 6.45) is 3.31. The van der Waals surface area contributed by atoms with Gasteiger partial charge in [-0.1, -0.05) is 6.08 Å². The summed E-state index contributed by atoms with van der Waals surface area (Å²) in [4.78, 5) is 0. The summed E-state index contributed by atoms with van der Waals surface area (Å²) in [7, 11) is 0. The van der Waals surface area contributed by atoms with E-state index in [0.717, 1.165) is 19.3 Å². The summed E-state index contributed by atoms with van der Waals surface area (Å²) in [6.45, 7) is -0.895. The predicted octanol–water partition coefficient (Wildman–Crippen LogP) is -0.387.